The molecule has 58 valence electrons. The van der Waals surface area contributed by atoms with Crippen LogP contribution in [0.2, 0.25) is 0 Å². The molecule has 10 heavy (non-hydrogen) atoms. The van der Waals surface area contributed by atoms with Crippen molar-refractivity contribution in [3.63, 3.8) is 0 Å². The minimum Gasteiger partial charge on any atom is -0.461 e. The smallest absolute Gasteiger partial charge is 0.315 e. The maximum atomic E-state index is 10.4. The highest BCUT2D eigenvalue weighted by Gasteiger charge is 1.93. The molecular weight excluding hydrogens is 148 g/mol. The van der Waals surface area contributed by atoms with Crippen LogP contribution in [0, 0.1) is 0 Å². The lowest BCUT2D eigenvalue weighted by Crippen LogP contribution is -2.04. The SMILES string of the molecule is CCC=CCOC(=O)CS. The summed E-state index contributed by atoms with van der Waals surface area (Å²) in [5.41, 5.74) is 0. The fraction of sp³-hybridized carbons (Fsp3) is 0.571. The van der Waals surface area contributed by atoms with Crippen molar-refractivity contribution in [2.75, 3.05) is 12.4 Å². The zero-order valence-corrected chi connectivity index (χ0v) is 6.93. The molecule has 0 amide bonds. The minimum atomic E-state index is -0.274. The molecule has 0 aromatic heterocycles. The number of ether oxygens (including phenoxy) is 1. The van der Waals surface area contributed by atoms with Crippen LogP contribution in [0.3, 0.4) is 0 Å². The monoisotopic (exact) mass is 160 g/mol. The molecule has 3 heteroatoms. The van der Waals surface area contributed by atoms with Gasteiger partial charge in [0, 0.05) is 0 Å². The molecule has 2 nitrogen and oxygen atoms in total. The third kappa shape index (κ3) is 5.69. The Morgan fingerprint density at radius 2 is 2.30 bits per heavy atom. The Morgan fingerprint density at radius 3 is 2.80 bits per heavy atom. The van der Waals surface area contributed by atoms with Crippen LogP contribution >= 0.6 is 12.6 Å². The molecule has 0 aliphatic heterocycles. The van der Waals surface area contributed by atoms with Gasteiger partial charge in [0.1, 0.15) is 6.61 Å². The predicted octanol–water partition coefficient (Wildman–Crippen LogP) is 1.43. The van der Waals surface area contributed by atoms with Crippen molar-refractivity contribution in [1.82, 2.24) is 0 Å². The van der Waals surface area contributed by atoms with Gasteiger partial charge >= 0.3 is 5.97 Å². The van der Waals surface area contributed by atoms with Gasteiger partial charge in [-0.1, -0.05) is 19.1 Å². The number of esters is 1. The van der Waals surface area contributed by atoms with Gasteiger partial charge in [-0.15, -0.1) is 0 Å². The molecule has 0 aromatic carbocycles. The summed E-state index contributed by atoms with van der Waals surface area (Å²) in [6, 6.07) is 0. The molecule has 0 saturated carbocycles. The van der Waals surface area contributed by atoms with E-state index in [-0.39, 0.29) is 11.7 Å². The van der Waals surface area contributed by atoms with Gasteiger partial charge < -0.3 is 4.74 Å². The van der Waals surface area contributed by atoms with Crippen LogP contribution in [0.5, 0.6) is 0 Å². The lowest BCUT2D eigenvalue weighted by Gasteiger charge is -1.95. The molecule has 0 aromatic rings. The van der Waals surface area contributed by atoms with Crippen molar-refractivity contribution >= 4 is 18.6 Å². The first-order chi connectivity index (χ1) is 4.81. The number of rotatable bonds is 4. The Morgan fingerprint density at radius 1 is 1.60 bits per heavy atom. The van der Waals surface area contributed by atoms with Gasteiger partial charge in [-0.2, -0.15) is 12.6 Å². The molecule has 0 fully saturated rings. The summed E-state index contributed by atoms with van der Waals surface area (Å²) in [6.45, 7) is 2.39. The molecule has 0 saturated heterocycles. The maximum absolute atomic E-state index is 10.4. The lowest BCUT2D eigenvalue weighted by molar-refractivity contribution is -0.139. The van der Waals surface area contributed by atoms with Crippen molar-refractivity contribution in [1.29, 1.82) is 0 Å². The summed E-state index contributed by atoms with van der Waals surface area (Å²) in [4.78, 5) is 10.4. The molecule has 0 heterocycles. The number of hydrogen-bond donors (Lipinski definition) is 1. The highest BCUT2D eigenvalue weighted by molar-refractivity contribution is 7.81. The van der Waals surface area contributed by atoms with Crippen LogP contribution in [0.4, 0.5) is 0 Å². The topological polar surface area (TPSA) is 26.3 Å². The van der Waals surface area contributed by atoms with Crippen molar-refractivity contribution in [3.8, 4) is 0 Å². The van der Waals surface area contributed by atoms with Gasteiger partial charge in [-0.25, -0.2) is 0 Å². The van der Waals surface area contributed by atoms with Crippen LogP contribution in [0.1, 0.15) is 13.3 Å². The normalized spacial score (nSPS) is 10.2. The maximum Gasteiger partial charge on any atom is 0.315 e. The van der Waals surface area contributed by atoms with Gasteiger partial charge in [-0.3, -0.25) is 4.79 Å². The molecule has 0 radical (unpaired) electrons. The summed E-state index contributed by atoms with van der Waals surface area (Å²) in [7, 11) is 0. The molecule has 0 aliphatic carbocycles. The van der Waals surface area contributed by atoms with E-state index in [0.717, 1.165) is 6.42 Å². The number of carbonyl (C=O) groups is 1. The fourth-order valence-corrected chi connectivity index (χ4v) is 0.513. The second-order valence-corrected chi connectivity index (χ2v) is 2.04. The number of carbonyl (C=O) groups excluding carboxylic acids is 1. The Bertz CT molecular complexity index is 121. The molecule has 0 N–H and O–H groups in total. The predicted molar refractivity (Wildman–Crippen MR) is 44.2 cm³/mol. The van der Waals surface area contributed by atoms with E-state index in [4.69, 9.17) is 4.74 Å². The number of allylic oxidation sites excluding steroid dienone is 1. The summed E-state index contributed by atoms with van der Waals surface area (Å²) >= 11 is 3.74. The highest BCUT2D eigenvalue weighted by Crippen LogP contribution is 1.84. The van der Waals surface area contributed by atoms with Crippen LogP contribution in [0.15, 0.2) is 12.2 Å². The van der Waals surface area contributed by atoms with Crippen LogP contribution in [0.25, 0.3) is 0 Å². The molecule has 0 unspecified atom stereocenters. The van der Waals surface area contributed by atoms with E-state index in [1.54, 1.807) is 0 Å². The van der Waals surface area contributed by atoms with E-state index < -0.39 is 0 Å². The van der Waals surface area contributed by atoms with E-state index in [0.29, 0.717) is 6.61 Å². The van der Waals surface area contributed by atoms with Crippen LogP contribution in [-0.4, -0.2) is 18.3 Å². The first-order valence-corrected chi connectivity index (χ1v) is 3.86. The average Bonchev–Trinajstić information content (AvgIpc) is 1.98. The van der Waals surface area contributed by atoms with Crippen molar-refractivity contribution < 1.29 is 9.53 Å². The average molecular weight is 160 g/mol. The summed E-state index contributed by atoms with van der Waals surface area (Å²) in [6.07, 6.45) is 4.74. The largest absolute Gasteiger partial charge is 0.461 e. The van der Waals surface area contributed by atoms with Crippen molar-refractivity contribution in [2.45, 2.75) is 13.3 Å². The van der Waals surface area contributed by atoms with E-state index in [1.807, 2.05) is 19.1 Å². The van der Waals surface area contributed by atoms with Crippen LogP contribution < -0.4 is 0 Å². The van der Waals surface area contributed by atoms with Gasteiger partial charge in [0.05, 0.1) is 5.75 Å². The number of thiol groups is 1. The Labute approximate surface area is 66.7 Å². The third-order valence-electron chi connectivity index (χ3n) is 0.872. The Balaban J connectivity index is 3.19. The third-order valence-corrected chi connectivity index (χ3v) is 1.13. The van der Waals surface area contributed by atoms with Gasteiger partial charge in [0.2, 0.25) is 0 Å². The van der Waals surface area contributed by atoms with Gasteiger partial charge in [0.25, 0.3) is 0 Å². The standard InChI is InChI=1S/C7H12O2S/c1-2-3-4-5-9-7(8)6-10/h3-4,10H,2,5-6H2,1H3. The molecule has 0 aliphatic rings. The van der Waals surface area contributed by atoms with Crippen LogP contribution in [-0.2, 0) is 9.53 Å². The van der Waals surface area contributed by atoms with Gasteiger partial charge in [0.15, 0.2) is 0 Å². The first kappa shape index (κ1) is 9.56. The zero-order chi connectivity index (χ0) is 7.82. The fourth-order valence-electron chi connectivity index (χ4n) is 0.421. The van der Waals surface area contributed by atoms with E-state index in [2.05, 4.69) is 12.6 Å². The van der Waals surface area contributed by atoms with E-state index in [1.165, 1.54) is 0 Å². The highest BCUT2D eigenvalue weighted by atomic mass is 32.1. The lowest BCUT2D eigenvalue weighted by atomic mass is 10.4. The zero-order valence-electron chi connectivity index (χ0n) is 6.04. The second-order valence-electron chi connectivity index (χ2n) is 1.72. The number of hydrogen-bond acceptors (Lipinski definition) is 3. The minimum absolute atomic E-state index is 0.153. The van der Waals surface area contributed by atoms with Crippen molar-refractivity contribution in [3.05, 3.63) is 12.2 Å². The second kappa shape index (κ2) is 6.68. The Hall–Kier alpha value is -0.440. The molecule has 0 atom stereocenters. The van der Waals surface area contributed by atoms with E-state index in [9.17, 15) is 4.79 Å². The molecule has 0 bridgehead atoms. The van der Waals surface area contributed by atoms with E-state index >= 15 is 0 Å². The van der Waals surface area contributed by atoms with Gasteiger partial charge in [-0.05, 0) is 6.42 Å². The molecule has 0 rings (SSSR count). The Kier molecular flexibility index (Phi) is 6.38. The molecular formula is C7H12O2S. The first-order valence-electron chi connectivity index (χ1n) is 3.22. The van der Waals surface area contributed by atoms with Crippen molar-refractivity contribution in [2.24, 2.45) is 0 Å². The quantitative estimate of drug-likeness (QED) is 0.382. The summed E-state index contributed by atoms with van der Waals surface area (Å²) in [5, 5.41) is 0. The molecule has 0 spiro atoms. The summed E-state index contributed by atoms with van der Waals surface area (Å²) < 4.78 is 4.69. The summed E-state index contributed by atoms with van der Waals surface area (Å²) in [5.74, 6) is -0.121.